The van der Waals surface area contributed by atoms with Crippen LogP contribution >= 0.6 is 0 Å². The highest BCUT2D eigenvalue weighted by molar-refractivity contribution is 5.97. The van der Waals surface area contributed by atoms with Crippen LogP contribution < -0.4 is 9.47 Å². The Morgan fingerprint density at radius 2 is 2.04 bits per heavy atom. The number of para-hydroxylation sites is 1. The standard InChI is InChI=1S/C18H18F3N3O3/c1-26-14-7-3-2-6-13(14)16(25)24-10-4-5-12(11-24)27-17-22-9-8-15(23-17)18(19,20)21/h2-3,6-9,12H,4-5,10-11H2,1H3. The zero-order valence-electron chi connectivity index (χ0n) is 14.6. The number of ether oxygens (including phenoxy) is 2. The van der Waals surface area contributed by atoms with Gasteiger partial charge in [0.1, 0.15) is 11.9 Å². The fourth-order valence-corrected chi connectivity index (χ4v) is 2.92. The molecule has 0 N–H and O–H groups in total. The van der Waals surface area contributed by atoms with Gasteiger partial charge in [0.15, 0.2) is 5.69 Å². The zero-order chi connectivity index (χ0) is 19.4. The van der Waals surface area contributed by atoms with E-state index in [1.807, 2.05) is 0 Å². The SMILES string of the molecule is COc1ccccc1C(=O)N1CCCC(Oc2nccc(C(F)(F)F)n2)C1. The van der Waals surface area contributed by atoms with E-state index in [9.17, 15) is 18.0 Å². The summed E-state index contributed by atoms with van der Waals surface area (Å²) in [4.78, 5) is 21.5. The van der Waals surface area contributed by atoms with Crippen LogP contribution in [0.25, 0.3) is 0 Å². The van der Waals surface area contributed by atoms with Crippen LogP contribution in [0.3, 0.4) is 0 Å². The molecule has 1 aliphatic rings. The highest BCUT2D eigenvalue weighted by atomic mass is 19.4. The summed E-state index contributed by atoms with van der Waals surface area (Å²) in [5.41, 5.74) is -0.638. The van der Waals surface area contributed by atoms with Crippen molar-refractivity contribution in [3.63, 3.8) is 0 Å². The number of aromatic nitrogens is 2. The van der Waals surface area contributed by atoms with Gasteiger partial charge < -0.3 is 14.4 Å². The van der Waals surface area contributed by atoms with Gasteiger partial charge in [0.25, 0.3) is 5.91 Å². The van der Waals surface area contributed by atoms with Gasteiger partial charge >= 0.3 is 12.2 Å². The summed E-state index contributed by atoms with van der Waals surface area (Å²) in [7, 11) is 1.49. The number of likely N-dealkylation sites (tertiary alicyclic amines) is 1. The number of rotatable bonds is 4. The fourth-order valence-electron chi connectivity index (χ4n) is 2.92. The molecule has 1 aliphatic heterocycles. The lowest BCUT2D eigenvalue weighted by Crippen LogP contribution is -2.44. The van der Waals surface area contributed by atoms with Crippen LogP contribution in [0.15, 0.2) is 36.5 Å². The van der Waals surface area contributed by atoms with Gasteiger partial charge in [0.2, 0.25) is 0 Å². The number of halogens is 3. The third kappa shape index (κ3) is 4.47. The molecule has 1 atom stereocenters. The molecule has 1 fully saturated rings. The van der Waals surface area contributed by atoms with Crippen molar-refractivity contribution in [2.45, 2.75) is 25.1 Å². The summed E-state index contributed by atoms with van der Waals surface area (Å²) in [6, 6.07) is 7.31. The summed E-state index contributed by atoms with van der Waals surface area (Å²) in [5, 5.41) is 0. The van der Waals surface area contributed by atoms with Gasteiger partial charge in [0.05, 0.1) is 19.2 Å². The predicted octanol–water partition coefficient (Wildman–Crippen LogP) is 3.19. The van der Waals surface area contributed by atoms with Gasteiger partial charge in [-0.1, -0.05) is 12.1 Å². The van der Waals surface area contributed by atoms with Crippen LogP contribution in [0.1, 0.15) is 28.9 Å². The molecule has 6 nitrogen and oxygen atoms in total. The van der Waals surface area contributed by atoms with E-state index in [-0.39, 0.29) is 18.5 Å². The molecule has 144 valence electrons. The van der Waals surface area contributed by atoms with E-state index in [0.717, 1.165) is 12.3 Å². The molecule has 9 heteroatoms. The molecular formula is C18H18F3N3O3. The van der Waals surface area contributed by atoms with Gasteiger partial charge in [-0.25, -0.2) is 4.98 Å². The van der Waals surface area contributed by atoms with Gasteiger partial charge in [0, 0.05) is 12.7 Å². The second kappa shape index (κ2) is 7.81. The van der Waals surface area contributed by atoms with Crippen molar-refractivity contribution >= 4 is 5.91 Å². The molecule has 1 aromatic carbocycles. The lowest BCUT2D eigenvalue weighted by molar-refractivity contribution is -0.141. The number of carbonyl (C=O) groups is 1. The lowest BCUT2D eigenvalue weighted by Gasteiger charge is -2.32. The molecule has 1 saturated heterocycles. The Morgan fingerprint density at radius 1 is 1.26 bits per heavy atom. The average Bonchev–Trinajstić information content (AvgIpc) is 2.67. The predicted molar refractivity (Wildman–Crippen MR) is 89.6 cm³/mol. The molecule has 27 heavy (non-hydrogen) atoms. The van der Waals surface area contributed by atoms with Crippen LogP contribution in [0, 0.1) is 0 Å². The molecule has 0 saturated carbocycles. The number of hydrogen-bond acceptors (Lipinski definition) is 5. The normalized spacial score (nSPS) is 17.5. The van der Waals surface area contributed by atoms with E-state index in [1.54, 1.807) is 29.2 Å². The van der Waals surface area contributed by atoms with Crippen LogP contribution in [-0.2, 0) is 6.18 Å². The topological polar surface area (TPSA) is 64.5 Å². The Morgan fingerprint density at radius 3 is 2.78 bits per heavy atom. The van der Waals surface area contributed by atoms with Crippen molar-refractivity contribution in [3.8, 4) is 11.8 Å². The number of methoxy groups -OCH3 is 1. The van der Waals surface area contributed by atoms with Crippen LogP contribution in [0.4, 0.5) is 13.2 Å². The Hall–Kier alpha value is -2.84. The molecular weight excluding hydrogens is 363 g/mol. The monoisotopic (exact) mass is 381 g/mol. The first-order chi connectivity index (χ1) is 12.9. The number of piperidine rings is 1. The van der Waals surface area contributed by atoms with E-state index in [1.165, 1.54) is 7.11 Å². The van der Waals surface area contributed by atoms with Crippen molar-refractivity contribution in [2.24, 2.45) is 0 Å². The minimum absolute atomic E-state index is 0.217. The third-order valence-electron chi connectivity index (χ3n) is 4.20. The molecule has 0 bridgehead atoms. The fraction of sp³-hybridized carbons (Fsp3) is 0.389. The van der Waals surface area contributed by atoms with Gasteiger partial charge in [-0.3, -0.25) is 4.79 Å². The Labute approximate surface area is 153 Å². The molecule has 2 aromatic rings. The summed E-state index contributed by atoms with van der Waals surface area (Å²) >= 11 is 0. The van der Waals surface area contributed by atoms with Crippen molar-refractivity contribution in [1.29, 1.82) is 0 Å². The van der Waals surface area contributed by atoms with Crippen LogP contribution in [-0.4, -0.2) is 47.1 Å². The number of amides is 1. The van der Waals surface area contributed by atoms with Crippen molar-refractivity contribution in [3.05, 3.63) is 47.8 Å². The molecule has 0 aliphatic carbocycles. The molecule has 2 heterocycles. The molecule has 0 radical (unpaired) electrons. The maximum atomic E-state index is 12.8. The summed E-state index contributed by atoms with van der Waals surface area (Å²) in [6.07, 6.45) is -2.80. The van der Waals surface area contributed by atoms with Crippen molar-refractivity contribution in [1.82, 2.24) is 14.9 Å². The summed E-state index contributed by atoms with van der Waals surface area (Å²) in [6.45, 7) is 0.761. The Kier molecular flexibility index (Phi) is 5.48. The number of carbonyl (C=O) groups excluding carboxylic acids is 1. The van der Waals surface area contributed by atoms with Crippen LogP contribution in [0.5, 0.6) is 11.8 Å². The second-order valence-corrected chi connectivity index (χ2v) is 6.06. The molecule has 3 rings (SSSR count). The van der Waals surface area contributed by atoms with Crippen molar-refractivity contribution < 1.29 is 27.4 Å². The highest BCUT2D eigenvalue weighted by Crippen LogP contribution is 2.28. The maximum Gasteiger partial charge on any atom is 0.433 e. The third-order valence-corrected chi connectivity index (χ3v) is 4.20. The maximum absolute atomic E-state index is 12.8. The van der Waals surface area contributed by atoms with E-state index in [2.05, 4.69) is 9.97 Å². The molecule has 1 aromatic heterocycles. The van der Waals surface area contributed by atoms with Crippen molar-refractivity contribution in [2.75, 3.05) is 20.2 Å². The number of benzene rings is 1. The molecule has 0 spiro atoms. The first kappa shape index (κ1) is 18.9. The zero-order valence-corrected chi connectivity index (χ0v) is 14.6. The summed E-state index contributed by atoms with van der Waals surface area (Å²) in [5.74, 6) is 0.248. The minimum atomic E-state index is -4.57. The quantitative estimate of drug-likeness (QED) is 0.814. The van der Waals surface area contributed by atoms with Gasteiger partial charge in [-0.15, -0.1) is 0 Å². The number of hydrogen-bond donors (Lipinski definition) is 0. The van der Waals surface area contributed by atoms with Gasteiger partial charge in [-0.2, -0.15) is 18.2 Å². The molecule has 1 unspecified atom stereocenters. The van der Waals surface area contributed by atoms with Crippen LogP contribution in [0.2, 0.25) is 0 Å². The number of nitrogens with zero attached hydrogens (tertiary/aromatic N) is 3. The average molecular weight is 381 g/mol. The van der Waals surface area contributed by atoms with E-state index < -0.39 is 18.0 Å². The van der Waals surface area contributed by atoms with E-state index in [4.69, 9.17) is 9.47 Å². The van der Waals surface area contributed by atoms with E-state index in [0.29, 0.717) is 30.7 Å². The largest absolute Gasteiger partial charge is 0.496 e. The smallest absolute Gasteiger partial charge is 0.433 e. The highest BCUT2D eigenvalue weighted by Gasteiger charge is 2.33. The first-order valence-electron chi connectivity index (χ1n) is 8.37. The number of alkyl halides is 3. The Balaban J connectivity index is 1.70. The molecule has 1 amide bonds. The second-order valence-electron chi connectivity index (χ2n) is 6.06. The lowest BCUT2D eigenvalue weighted by atomic mass is 10.1. The minimum Gasteiger partial charge on any atom is -0.496 e. The van der Waals surface area contributed by atoms with E-state index >= 15 is 0 Å². The summed E-state index contributed by atoms with van der Waals surface area (Å²) < 4.78 is 49.0. The Bertz CT molecular complexity index is 814. The van der Waals surface area contributed by atoms with Gasteiger partial charge in [-0.05, 0) is 31.0 Å². The first-order valence-corrected chi connectivity index (χ1v) is 8.37.